The summed E-state index contributed by atoms with van der Waals surface area (Å²) in [6.07, 6.45) is 3.62. The first kappa shape index (κ1) is 20.2. The second-order valence-corrected chi connectivity index (χ2v) is 8.66. The standard InChI is InChI=1S/C24H30FNO3/c1-16(2)29-22-11-4-17(12-23(22)28-3)15-26-20-9-10-21(26)14-24(27,13-20)18-5-7-19(25)8-6-18/h4-8,11-12,16,20-21,27H,9-10,13-15H2,1-3H3/t20-,21-/m1/s1. The summed E-state index contributed by atoms with van der Waals surface area (Å²) in [4.78, 5) is 2.51. The molecule has 1 N–H and O–H groups in total. The third-order valence-electron chi connectivity index (χ3n) is 6.26. The van der Waals surface area contributed by atoms with Crippen molar-refractivity contribution in [3.05, 3.63) is 59.4 Å². The van der Waals surface area contributed by atoms with Crippen molar-refractivity contribution in [2.75, 3.05) is 7.11 Å². The van der Waals surface area contributed by atoms with Crippen molar-refractivity contribution >= 4 is 0 Å². The number of nitrogens with zero attached hydrogens (tertiary/aromatic N) is 1. The van der Waals surface area contributed by atoms with Crippen molar-refractivity contribution in [2.45, 2.75) is 69.9 Å². The SMILES string of the molecule is COc1cc(CN2[C@@H]3CC[C@@H]2CC(O)(c2ccc(F)cc2)C3)ccc1OC(C)C. The van der Waals surface area contributed by atoms with Gasteiger partial charge in [0.2, 0.25) is 0 Å². The summed E-state index contributed by atoms with van der Waals surface area (Å²) in [6, 6.07) is 13.1. The van der Waals surface area contributed by atoms with Gasteiger partial charge in [0.25, 0.3) is 0 Å². The predicted molar refractivity (Wildman–Crippen MR) is 111 cm³/mol. The summed E-state index contributed by atoms with van der Waals surface area (Å²) in [6.45, 7) is 4.83. The van der Waals surface area contributed by atoms with E-state index in [9.17, 15) is 9.50 Å². The van der Waals surface area contributed by atoms with Gasteiger partial charge in [-0.25, -0.2) is 4.39 Å². The number of halogens is 1. The molecule has 0 unspecified atom stereocenters. The zero-order chi connectivity index (χ0) is 20.6. The molecule has 4 rings (SSSR count). The lowest BCUT2D eigenvalue weighted by molar-refractivity contribution is -0.0595. The van der Waals surface area contributed by atoms with E-state index in [0.29, 0.717) is 24.9 Å². The average Bonchev–Trinajstić information content (AvgIpc) is 2.93. The molecule has 0 saturated carbocycles. The summed E-state index contributed by atoms with van der Waals surface area (Å²) in [5.74, 6) is 1.25. The first-order valence-corrected chi connectivity index (χ1v) is 10.5. The van der Waals surface area contributed by atoms with Gasteiger partial charge in [0.05, 0.1) is 18.8 Å². The molecular formula is C24H30FNO3. The quantitative estimate of drug-likeness (QED) is 0.769. The van der Waals surface area contributed by atoms with Gasteiger partial charge < -0.3 is 14.6 Å². The highest BCUT2D eigenvalue weighted by Crippen LogP contribution is 2.46. The summed E-state index contributed by atoms with van der Waals surface area (Å²) in [7, 11) is 1.67. The molecule has 2 aromatic carbocycles. The van der Waals surface area contributed by atoms with Crippen LogP contribution in [0.5, 0.6) is 11.5 Å². The average molecular weight is 400 g/mol. The monoisotopic (exact) mass is 399 g/mol. The van der Waals surface area contributed by atoms with Gasteiger partial charge >= 0.3 is 0 Å². The molecule has 2 aromatic rings. The lowest BCUT2D eigenvalue weighted by Gasteiger charge is -2.44. The van der Waals surface area contributed by atoms with Crippen molar-refractivity contribution in [3.8, 4) is 11.5 Å². The maximum Gasteiger partial charge on any atom is 0.161 e. The summed E-state index contributed by atoms with van der Waals surface area (Å²) in [5.41, 5.74) is 1.14. The Bertz CT molecular complexity index is 838. The van der Waals surface area contributed by atoms with E-state index in [4.69, 9.17) is 9.47 Å². The smallest absolute Gasteiger partial charge is 0.161 e. The molecule has 2 saturated heterocycles. The Labute approximate surface area is 172 Å². The highest BCUT2D eigenvalue weighted by atomic mass is 19.1. The van der Waals surface area contributed by atoms with E-state index in [1.165, 1.54) is 17.7 Å². The topological polar surface area (TPSA) is 41.9 Å². The fourth-order valence-corrected chi connectivity index (χ4v) is 4.94. The van der Waals surface area contributed by atoms with Crippen molar-refractivity contribution in [1.29, 1.82) is 0 Å². The van der Waals surface area contributed by atoms with E-state index < -0.39 is 5.60 Å². The molecule has 0 spiro atoms. The van der Waals surface area contributed by atoms with Crippen LogP contribution < -0.4 is 9.47 Å². The molecule has 4 nitrogen and oxygen atoms in total. The lowest BCUT2D eigenvalue weighted by Crippen LogP contribution is -2.49. The van der Waals surface area contributed by atoms with Gasteiger partial charge in [0, 0.05) is 18.6 Å². The van der Waals surface area contributed by atoms with E-state index >= 15 is 0 Å². The number of aliphatic hydroxyl groups is 1. The lowest BCUT2D eigenvalue weighted by atomic mass is 9.80. The molecule has 0 aliphatic carbocycles. The molecule has 0 radical (unpaired) electrons. The zero-order valence-corrected chi connectivity index (χ0v) is 17.4. The Morgan fingerprint density at radius 1 is 1.07 bits per heavy atom. The molecular weight excluding hydrogens is 369 g/mol. The predicted octanol–water partition coefficient (Wildman–Crippen LogP) is 4.64. The fraction of sp³-hybridized carbons (Fsp3) is 0.500. The molecule has 2 fully saturated rings. The summed E-state index contributed by atoms with van der Waals surface area (Å²) >= 11 is 0. The minimum atomic E-state index is -0.872. The normalized spacial score (nSPS) is 26.7. The number of ether oxygens (including phenoxy) is 2. The second kappa shape index (κ2) is 7.96. The molecule has 156 valence electrons. The van der Waals surface area contributed by atoms with Gasteiger partial charge in [-0.2, -0.15) is 0 Å². The van der Waals surface area contributed by atoms with Gasteiger partial charge in [0.1, 0.15) is 5.82 Å². The first-order valence-electron chi connectivity index (χ1n) is 10.5. The third-order valence-corrected chi connectivity index (χ3v) is 6.26. The highest BCUT2D eigenvalue weighted by molar-refractivity contribution is 5.43. The number of piperidine rings is 1. The maximum absolute atomic E-state index is 13.3. The highest BCUT2D eigenvalue weighted by Gasteiger charge is 2.48. The minimum absolute atomic E-state index is 0.0943. The van der Waals surface area contributed by atoms with Crippen molar-refractivity contribution in [3.63, 3.8) is 0 Å². The molecule has 2 atom stereocenters. The van der Waals surface area contributed by atoms with E-state index in [2.05, 4.69) is 17.0 Å². The third kappa shape index (κ3) is 4.12. The zero-order valence-electron chi connectivity index (χ0n) is 17.4. The van der Waals surface area contributed by atoms with Crippen LogP contribution in [0.2, 0.25) is 0 Å². The van der Waals surface area contributed by atoms with Crippen LogP contribution in [-0.4, -0.2) is 35.3 Å². The largest absolute Gasteiger partial charge is 0.493 e. The van der Waals surface area contributed by atoms with Gasteiger partial charge in [-0.15, -0.1) is 0 Å². The molecule has 2 heterocycles. The maximum atomic E-state index is 13.3. The number of fused-ring (bicyclic) bond motifs is 2. The number of benzene rings is 2. The van der Waals surface area contributed by atoms with Gasteiger partial charge in [-0.1, -0.05) is 18.2 Å². The number of methoxy groups -OCH3 is 1. The van der Waals surface area contributed by atoms with Crippen LogP contribution in [-0.2, 0) is 12.1 Å². The number of hydrogen-bond acceptors (Lipinski definition) is 4. The molecule has 0 aromatic heterocycles. The van der Waals surface area contributed by atoms with Crippen molar-refractivity contribution in [2.24, 2.45) is 0 Å². The van der Waals surface area contributed by atoms with Crippen LogP contribution >= 0.6 is 0 Å². The van der Waals surface area contributed by atoms with Gasteiger partial charge in [-0.3, -0.25) is 4.90 Å². The summed E-state index contributed by atoms with van der Waals surface area (Å²) < 4.78 is 24.7. The van der Waals surface area contributed by atoms with Gasteiger partial charge in [-0.05, 0) is 74.9 Å². The van der Waals surface area contributed by atoms with Crippen LogP contribution in [0, 0.1) is 5.82 Å². The minimum Gasteiger partial charge on any atom is -0.493 e. The molecule has 2 aliphatic rings. The first-order chi connectivity index (χ1) is 13.9. The van der Waals surface area contributed by atoms with E-state index in [1.54, 1.807) is 19.2 Å². The van der Waals surface area contributed by atoms with Crippen LogP contribution in [0.25, 0.3) is 0 Å². The van der Waals surface area contributed by atoms with E-state index in [1.807, 2.05) is 19.9 Å². The number of rotatable bonds is 6. The van der Waals surface area contributed by atoms with Crippen LogP contribution in [0.3, 0.4) is 0 Å². The molecule has 5 heteroatoms. The Morgan fingerprint density at radius 3 is 2.31 bits per heavy atom. The van der Waals surface area contributed by atoms with E-state index in [0.717, 1.165) is 36.4 Å². The Hall–Kier alpha value is -2.11. The van der Waals surface area contributed by atoms with Crippen molar-refractivity contribution < 1.29 is 19.0 Å². The van der Waals surface area contributed by atoms with Crippen LogP contribution in [0.4, 0.5) is 4.39 Å². The molecule has 29 heavy (non-hydrogen) atoms. The van der Waals surface area contributed by atoms with Crippen LogP contribution in [0.15, 0.2) is 42.5 Å². The Balaban J connectivity index is 1.50. The number of hydrogen-bond donors (Lipinski definition) is 1. The van der Waals surface area contributed by atoms with Crippen LogP contribution in [0.1, 0.15) is 50.7 Å². The fourth-order valence-electron chi connectivity index (χ4n) is 4.94. The second-order valence-electron chi connectivity index (χ2n) is 8.66. The van der Waals surface area contributed by atoms with Crippen molar-refractivity contribution in [1.82, 2.24) is 4.90 Å². The van der Waals surface area contributed by atoms with Gasteiger partial charge in [0.15, 0.2) is 11.5 Å². The molecule has 0 amide bonds. The molecule has 2 aliphatic heterocycles. The van der Waals surface area contributed by atoms with E-state index in [-0.39, 0.29) is 11.9 Å². The Morgan fingerprint density at radius 2 is 1.72 bits per heavy atom. The molecule has 2 bridgehead atoms. The Kier molecular flexibility index (Phi) is 5.54. The summed E-state index contributed by atoms with van der Waals surface area (Å²) in [5, 5.41) is 11.3.